The van der Waals surface area contributed by atoms with E-state index in [4.69, 9.17) is 5.73 Å². The number of hydrogen-bond acceptors (Lipinski definition) is 3. The first-order valence-corrected chi connectivity index (χ1v) is 3.33. The third kappa shape index (κ3) is 2.45. The Hall–Kier alpha value is -1.25. The summed E-state index contributed by atoms with van der Waals surface area (Å²) in [4.78, 5) is 12.5. The van der Waals surface area contributed by atoms with E-state index in [9.17, 15) is 4.79 Å². The van der Waals surface area contributed by atoms with Gasteiger partial charge in [0.1, 0.15) is 0 Å². The van der Waals surface area contributed by atoms with E-state index in [1.54, 1.807) is 25.1 Å². The molecule has 62 valence electrons. The number of rotatable bonds is 3. The molecule has 0 aliphatic carbocycles. The first-order chi connectivity index (χ1) is 5.00. The smallest absolute Gasteiger partial charge is 0.177 e. The van der Waals surface area contributed by atoms with Gasteiger partial charge in [-0.25, -0.2) is 0 Å². The van der Waals surface area contributed by atoms with Gasteiger partial charge < -0.3 is 10.6 Å². The quantitative estimate of drug-likeness (QED) is 0.613. The Morgan fingerprint density at radius 1 is 1.55 bits per heavy atom. The number of nitrogens with two attached hydrogens (primary N) is 1. The van der Waals surface area contributed by atoms with Gasteiger partial charge in [-0.05, 0) is 13.1 Å². The van der Waals surface area contributed by atoms with Crippen LogP contribution in [0.15, 0.2) is 24.2 Å². The summed E-state index contributed by atoms with van der Waals surface area (Å²) in [6, 6.07) is 0. The summed E-state index contributed by atoms with van der Waals surface area (Å²) in [5, 5.41) is 0. The monoisotopic (exact) mass is 154 g/mol. The zero-order valence-corrected chi connectivity index (χ0v) is 7.22. The molecule has 0 aromatic heterocycles. The standard InChI is InChI=1S/C8H14N2O/c1-5-10(4)6(2)8(9)7(3)11/h5H,1,9H2,2-4H3/b8-6-. The van der Waals surface area contributed by atoms with E-state index in [2.05, 4.69) is 6.58 Å². The van der Waals surface area contributed by atoms with Crippen molar-refractivity contribution in [2.24, 2.45) is 5.73 Å². The van der Waals surface area contributed by atoms with Crippen LogP contribution >= 0.6 is 0 Å². The van der Waals surface area contributed by atoms with Crippen molar-refractivity contribution >= 4 is 5.78 Å². The Labute approximate surface area is 67.2 Å². The molecule has 0 aliphatic rings. The molecule has 0 atom stereocenters. The van der Waals surface area contributed by atoms with Crippen LogP contribution in [0.3, 0.4) is 0 Å². The number of nitrogens with zero attached hydrogens (tertiary/aromatic N) is 1. The number of hydrogen-bond donors (Lipinski definition) is 1. The van der Waals surface area contributed by atoms with Crippen molar-refractivity contribution in [2.45, 2.75) is 13.8 Å². The first-order valence-electron chi connectivity index (χ1n) is 3.33. The van der Waals surface area contributed by atoms with Crippen molar-refractivity contribution in [2.75, 3.05) is 7.05 Å². The summed E-state index contributed by atoms with van der Waals surface area (Å²) >= 11 is 0. The lowest BCUT2D eigenvalue weighted by Crippen LogP contribution is -2.18. The van der Waals surface area contributed by atoms with Crippen LogP contribution in [0.25, 0.3) is 0 Å². The first kappa shape index (κ1) is 9.75. The molecule has 3 heteroatoms. The molecule has 0 unspecified atom stereocenters. The maximum Gasteiger partial charge on any atom is 0.177 e. The minimum absolute atomic E-state index is 0.115. The summed E-state index contributed by atoms with van der Waals surface area (Å²) in [6.45, 7) is 6.76. The lowest BCUT2D eigenvalue weighted by atomic mass is 10.2. The van der Waals surface area contributed by atoms with Crippen molar-refractivity contribution in [3.8, 4) is 0 Å². The fourth-order valence-electron chi connectivity index (χ4n) is 0.582. The molecule has 0 fully saturated rings. The molecule has 0 amide bonds. The Bertz CT molecular complexity index is 206. The van der Waals surface area contributed by atoms with Gasteiger partial charge in [0, 0.05) is 19.7 Å². The molecular weight excluding hydrogens is 140 g/mol. The van der Waals surface area contributed by atoms with E-state index in [0.717, 1.165) is 5.70 Å². The number of Topliss-reactive ketones (excluding diaryl/α,β-unsaturated/α-hetero) is 1. The Morgan fingerprint density at radius 3 is 2.27 bits per heavy atom. The SMILES string of the molecule is C=CN(C)/C(C)=C(\N)C(C)=O. The summed E-state index contributed by atoms with van der Waals surface area (Å²) < 4.78 is 0. The van der Waals surface area contributed by atoms with Crippen molar-refractivity contribution < 1.29 is 4.79 Å². The van der Waals surface area contributed by atoms with Gasteiger partial charge in [-0.1, -0.05) is 6.58 Å². The molecule has 0 aromatic carbocycles. The van der Waals surface area contributed by atoms with Crippen LogP contribution in [0.1, 0.15) is 13.8 Å². The second-order valence-corrected chi connectivity index (χ2v) is 2.35. The highest BCUT2D eigenvalue weighted by atomic mass is 16.1. The van der Waals surface area contributed by atoms with Gasteiger partial charge in [-0.2, -0.15) is 0 Å². The fourth-order valence-corrected chi connectivity index (χ4v) is 0.582. The second-order valence-electron chi connectivity index (χ2n) is 2.35. The van der Waals surface area contributed by atoms with Gasteiger partial charge in [-0.15, -0.1) is 0 Å². The van der Waals surface area contributed by atoms with Crippen LogP contribution < -0.4 is 5.73 Å². The van der Waals surface area contributed by atoms with E-state index < -0.39 is 0 Å². The highest BCUT2D eigenvalue weighted by molar-refractivity contribution is 5.92. The zero-order chi connectivity index (χ0) is 9.02. The highest BCUT2D eigenvalue weighted by Crippen LogP contribution is 2.03. The molecule has 0 bridgehead atoms. The summed E-state index contributed by atoms with van der Waals surface area (Å²) in [6.07, 6.45) is 1.60. The molecule has 11 heavy (non-hydrogen) atoms. The third-order valence-electron chi connectivity index (χ3n) is 1.57. The van der Waals surface area contributed by atoms with Crippen LogP contribution in [0, 0.1) is 0 Å². The number of carbonyl (C=O) groups is 1. The number of carbonyl (C=O) groups excluding carboxylic acids is 1. The van der Waals surface area contributed by atoms with Gasteiger partial charge in [0.15, 0.2) is 5.78 Å². The minimum atomic E-state index is -0.115. The number of allylic oxidation sites excluding steroid dienone is 2. The maximum atomic E-state index is 10.8. The molecule has 0 rings (SSSR count). The highest BCUT2D eigenvalue weighted by Gasteiger charge is 2.04. The van der Waals surface area contributed by atoms with Crippen LogP contribution in [0.4, 0.5) is 0 Å². The van der Waals surface area contributed by atoms with E-state index in [0.29, 0.717) is 0 Å². The molecule has 0 aromatic rings. The Balaban J connectivity index is 4.64. The van der Waals surface area contributed by atoms with Crippen molar-refractivity contribution in [3.05, 3.63) is 24.2 Å². The van der Waals surface area contributed by atoms with Crippen molar-refractivity contribution in [1.29, 1.82) is 0 Å². The summed E-state index contributed by atoms with van der Waals surface area (Å²) in [7, 11) is 1.79. The molecule has 3 nitrogen and oxygen atoms in total. The topological polar surface area (TPSA) is 46.3 Å². The molecule has 0 heterocycles. The molecule has 2 N–H and O–H groups in total. The predicted octanol–water partition coefficient (Wildman–Crippen LogP) is 0.841. The predicted molar refractivity (Wildman–Crippen MR) is 45.5 cm³/mol. The lowest BCUT2D eigenvalue weighted by molar-refractivity contribution is -0.113. The molecule has 0 saturated heterocycles. The van der Waals surface area contributed by atoms with Gasteiger partial charge in [-0.3, -0.25) is 4.79 Å². The molecule has 0 saturated carbocycles. The molecule has 0 spiro atoms. The second kappa shape index (κ2) is 3.81. The van der Waals surface area contributed by atoms with Gasteiger partial charge in [0.25, 0.3) is 0 Å². The molecule has 0 aliphatic heterocycles. The van der Waals surface area contributed by atoms with E-state index in [1.165, 1.54) is 6.92 Å². The molecule has 0 radical (unpaired) electrons. The Kier molecular flexibility index (Phi) is 3.37. The number of ketones is 1. The summed E-state index contributed by atoms with van der Waals surface area (Å²) in [5.41, 5.74) is 6.49. The van der Waals surface area contributed by atoms with E-state index >= 15 is 0 Å². The summed E-state index contributed by atoms with van der Waals surface area (Å²) in [5.74, 6) is -0.115. The minimum Gasteiger partial charge on any atom is -0.394 e. The van der Waals surface area contributed by atoms with Gasteiger partial charge in [0.2, 0.25) is 0 Å². The lowest BCUT2D eigenvalue weighted by Gasteiger charge is -2.15. The Morgan fingerprint density at radius 2 is 2.00 bits per heavy atom. The van der Waals surface area contributed by atoms with Crippen molar-refractivity contribution in [3.63, 3.8) is 0 Å². The maximum absolute atomic E-state index is 10.8. The van der Waals surface area contributed by atoms with E-state index in [-0.39, 0.29) is 11.5 Å². The van der Waals surface area contributed by atoms with E-state index in [1.807, 2.05) is 0 Å². The third-order valence-corrected chi connectivity index (χ3v) is 1.57. The van der Waals surface area contributed by atoms with Crippen LogP contribution in [0.5, 0.6) is 0 Å². The van der Waals surface area contributed by atoms with Crippen LogP contribution in [0.2, 0.25) is 0 Å². The largest absolute Gasteiger partial charge is 0.394 e. The van der Waals surface area contributed by atoms with Crippen LogP contribution in [-0.2, 0) is 4.79 Å². The normalized spacial score (nSPS) is 11.9. The molecular formula is C8H14N2O. The van der Waals surface area contributed by atoms with Gasteiger partial charge in [0.05, 0.1) is 5.70 Å². The van der Waals surface area contributed by atoms with Crippen molar-refractivity contribution in [1.82, 2.24) is 4.90 Å². The van der Waals surface area contributed by atoms with Crippen LogP contribution in [-0.4, -0.2) is 17.7 Å². The fraction of sp³-hybridized carbons (Fsp3) is 0.375. The zero-order valence-electron chi connectivity index (χ0n) is 7.22. The average Bonchev–Trinajstić information content (AvgIpc) is 2.00. The average molecular weight is 154 g/mol. The van der Waals surface area contributed by atoms with Gasteiger partial charge >= 0.3 is 0 Å².